The third-order valence-corrected chi connectivity index (χ3v) is 6.97. The van der Waals surface area contributed by atoms with Gasteiger partial charge in [-0.3, -0.25) is 4.79 Å². The van der Waals surface area contributed by atoms with E-state index >= 15 is 0 Å². The molecule has 34 heavy (non-hydrogen) atoms. The minimum atomic E-state index is -4.75. The maximum Gasteiger partial charge on any atom is 0.417 e. The lowest BCUT2D eigenvalue weighted by Crippen LogP contribution is -2.37. The van der Waals surface area contributed by atoms with Crippen LogP contribution in [0.4, 0.5) is 23.2 Å². The van der Waals surface area contributed by atoms with Crippen LogP contribution < -0.4 is 5.32 Å². The highest BCUT2D eigenvalue weighted by atomic mass is 35.5. The van der Waals surface area contributed by atoms with Crippen molar-refractivity contribution in [2.24, 2.45) is 0 Å². The highest BCUT2D eigenvalue weighted by molar-refractivity contribution is 7.89. The van der Waals surface area contributed by atoms with Gasteiger partial charge in [0, 0.05) is 17.8 Å². The molecule has 5 nitrogen and oxygen atoms in total. The van der Waals surface area contributed by atoms with E-state index in [2.05, 4.69) is 5.32 Å². The number of rotatable bonds is 7. The zero-order valence-electron chi connectivity index (χ0n) is 17.7. The molecule has 11 heteroatoms. The molecule has 0 saturated carbocycles. The second-order valence-electron chi connectivity index (χ2n) is 7.42. The summed E-state index contributed by atoms with van der Waals surface area (Å²) in [5.41, 5.74) is -0.542. The fraction of sp³-hybridized carbons (Fsp3) is 0.174. The molecule has 0 atom stereocenters. The molecule has 0 aliphatic heterocycles. The van der Waals surface area contributed by atoms with Crippen LogP contribution in [-0.2, 0) is 27.5 Å². The predicted octanol–water partition coefficient (Wildman–Crippen LogP) is 5.64. The SMILES string of the molecule is Cc1ccc(S(=O)(=O)N(CC(=O)Nc2ccc(Cl)c(C(F)(F)F)c2)Cc2ccccc2F)cc1. The summed E-state index contributed by atoms with van der Waals surface area (Å²) in [6, 6.07) is 14.1. The molecule has 0 radical (unpaired) electrons. The summed E-state index contributed by atoms with van der Waals surface area (Å²) < 4.78 is 80.8. The monoisotopic (exact) mass is 514 g/mol. The summed E-state index contributed by atoms with van der Waals surface area (Å²) in [6.07, 6.45) is -4.75. The number of halogens is 5. The number of nitrogens with one attached hydrogen (secondary N) is 1. The van der Waals surface area contributed by atoms with E-state index in [1.54, 1.807) is 19.1 Å². The largest absolute Gasteiger partial charge is 0.417 e. The van der Waals surface area contributed by atoms with Crippen LogP contribution >= 0.6 is 11.6 Å². The molecule has 0 saturated heterocycles. The number of benzene rings is 3. The van der Waals surface area contributed by atoms with Gasteiger partial charge in [-0.1, -0.05) is 47.5 Å². The molecule has 3 aromatic carbocycles. The van der Waals surface area contributed by atoms with Gasteiger partial charge in [-0.15, -0.1) is 0 Å². The van der Waals surface area contributed by atoms with Crippen molar-refractivity contribution in [2.45, 2.75) is 24.5 Å². The van der Waals surface area contributed by atoms with Crippen LogP contribution in [0.25, 0.3) is 0 Å². The molecule has 1 N–H and O–H groups in total. The third-order valence-electron chi connectivity index (χ3n) is 4.84. The van der Waals surface area contributed by atoms with Crippen LogP contribution in [0, 0.1) is 12.7 Å². The number of nitrogens with zero attached hydrogens (tertiary/aromatic N) is 1. The van der Waals surface area contributed by atoms with Crippen LogP contribution in [0.15, 0.2) is 71.6 Å². The molecule has 0 heterocycles. The Balaban J connectivity index is 1.90. The Kier molecular flexibility index (Phi) is 7.64. The Morgan fingerprint density at radius 1 is 1.03 bits per heavy atom. The zero-order chi connectivity index (χ0) is 25.1. The number of alkyl halides is 3. The Morgan fingerprint density at radius 3 is 2.29 bits per heavy atom. The highest BCUT2D eigenvalue weighted by Crippen LogP contribution is 2.36. The quantitative estimate of drug-likeness (QED) is 0.415. The molecule has 0 spiro atoms. The summed E-state index contributed by atoms with van der Waals surface area (Å²) in [7, 11) is -4.25. The molecule has 0 aliphatic carbocycles. The van der Waals surface area contributed by atoms with Gasteiger partial charge in [0.25, 0.3) is 0 Å². The number of sulfonamides is 1. The molecule has 180 valence electrons. The van der Waals surface area contributed by atoms with Crippen molar-refractivity contribution in [3.8, 4) is 0 Å². The Morgan fingerprint density at radius 2 is 1.68 bits per heavy atom. The lowest BCUT2D eigenvalue weighted by atomic mass is 10.2. The average molecular weight is 515 g/mol. The molecule has 3 rings (SSSR count). The van der Waals surface area contributed by atoms with Crippen molar-refractivity contribution in [1.29, 1.82) is 0 Å². The van der Waals surface area contributed by atoms with Gasteiger partial charge >= 0.3 is 6.18 Å². The van der Waals surface area contributed by atoms with Gasteiger partial charge in [0.2, 0.25) is 15.9 Å². The lowest BCUT2D eigenvalue weighted by molar-refractivity contribution is -0.137. The third kappa shape index (κ3) is 6.13. The second-order valence-corrected chi connectivity index (χ2v) is 9.76. The predicted molar refractivity (Wildman–Crippen MR) is 120 cm³/mol. The van der Waals surface area contributed by atoms with Gasteiger partial charge in [0.15, 0.2) is 0 Å². The van der Waals surface area contributed by atoms with Crippen LogP contribution in [0.1, 0.15) is 16.7 Å². The molecule has 0 unspecified atom stereocenters. The number of carbonyl (C=O) groups excluding carboxylic acids is 1. The van der Waals surface area contributed by atoms with E-state index in [0.717, 1.165) is 28.1 Å². The maximum atomic E-state index is 14.2. The second kappa shape index (κ2) is 10.1. The van der Waals surface area contributed by atoms with Crippen LogP contribution in [0.3, 0.4) is 0 Å². The first-order chi connectivity index (χ1) is 15.9. The van der Waals surface area contributed by atoms with Gasteiger partial charge in [0.05, 0.1) is 22.0 Å². The van der Waals surface area contributed by atoms with Crippen molar-refractivity contribution < 1.29 is 30.8 Å². The number of hydrogen-bond acceptors (Lipinski definition) is 3. The summed E-state index contributed by atoms with van der Waals surface area (Å²) in [5.74, 6) is -1.58. The number of carbonyl (C=O) groups is 1. The van der Waals surface area contributed by atoms with Crippen molar-refractivity contribution >= 4 is 33.2 Å². The molecule has 0 aliphatic rings. The van der Waals surface area contributed by atoms with Crippen LogP contribution in [-0.4, -0.2) is 25.2 Å². The van der Waals surface area contributed by atoms with E-state index in [-0.39, 0.29) is 16.1 Å². The van der Waals surface area contributed by atoms with Gasteiger partial charge < -0.3 is 5.32 Å². The van der Waals surface area contributed by atoms with Gasteiger partial charge in [-0.05, 0) is 43.3 Å². The Hall–Kier alpha value is -2.95. The summed E-state index contributed by atoms with van der Waals surface area (Å²) >= 11 is 5.59. The highest BCUT2D eigenvalue weighted by Gasteiger charge is 2.34. The maximum absolute atomic E-state index is 14.2. The molecule has 1 amide bonds. The van der Waals surface area contributed by atoms with E-state index in [4.69, 9.17) is 11.6 Å². The smallest absolute Gasteiger partial charge is 0.325 e. The van der Waals surface area contributed by atoms with Crippen LogP contribution in [0.2, 0.25) is 5.02 Å². The van der Waals surface area contributed by atoms with E-state index in [0.29, 0.717) is 6.07 Å². The van der Waals surface area contributed by atoms with Gasteiger partial charge in [-0.2, -0.15) is 17.5 Å². The topological polar surface area (TPSA) is 66.5 Å². The molecular formula is C23H19ClF4N2O3S. The normalized spacial score (nSPS) is 12.1. The Bertz CT molecular complexity index is 1300. The Labute approximate surface area is 199 Å². The number of aryl methyl sites for hydroxylation is 1. The first kappa shape index (κ1) is 25.7. The minimum absolute atomic E-state index is 0.0248. The van der Waals surface area contributed by atoms with Gasteiger partial charge in [0.1, 0.15) is 5.82 Å². The molecule has 3 aromatic rings. The van der Waals surface area contributed by atoms with Crippen molar-refractivity contribution in [3.05, 3.63) is 94.3 Å². The molecule has 0 fully saturated rings. The fourth-order valence-electron chi connectivity index (χ4n) is 3.08. The van der Waals surface area contributed by atoms with Crippen LogP contribution in [0.5, 0.6) is 0 Å². The first-order valence-electron chi connectivity index (χ1n) is 9.85. The van der Waals surface area contributed by atoms with E-state index in [9.17, 15) is 30.8 Å². The van der Waals surface area contributed by atoms with Crippen molar-refractivity contribution in [1.82, 2.24) is 4.31 Å². The molecular weight excluding hydrogens is 496 g/mol. The van der Waals surface area contributed by atoms with E-state index < -0.39 is 51.6 Å². The van der Waals surface area contributed by atoms with E-state index in [1.807, 2.05) is 0 Å². The fourth-order valence-corrected chi connectivity index (χ4v) is 4.68. The summed E-state index contributed by atoms with van der Waals surface area (Å²) in [4.78, 5) is 12.5. The average Bonchev–Trinajstić information content (AvgIpc) is 2.75. The summed E-state index contributed by atoms with van der Waals surface area (Å²) in [6.45, 7) is 0.529. The van der Waals surface area contributed by atoms with Gasteiger partial charge in [-0.25, -0.2) is 12.8 Å². The first-order valence-corrected chi connectivity index (χ1v) is 11.7. The number of amides is 1. The van der Waals surface area contributed by atoms with Crippen molar-refractivity contribution in [2.75, 3.05) is 11.9 Å². The minimum Gasteiger partial charge on any atom is -0.325 e. The van der Waals surface area contributed by atoms with E-state index in [1.165, 1.54) is 30.3 Å². The zero-order valence-corrected chi connectivity index (χ0v) is 19.3. The molecule has 0 bridgehead atoms. The van der Waals surface area contributed by atoms with Crippen molar-refractivity contribution in [3.63, 3.8) is 0 Å². The number of hydrogen-bond donors (Lipinski definition) is 1. The standard InChI is InChI=1S/C23H19ClF4N2O3S/c1-15-6-9-18(10-7-15)34(32,33)30(13-16-4-2-3-5-21(16)25)14-22(31)29-17-8-11-20(24)19(12-17)23(26,27)28/h2-12H,13-14H2,1H3,(H,29,31). The number of anilines is 1. The molecule has 0 aromatic heterocycles. The lowest BCUT2D eigenvalue weighted by Gasteiger charge is -2.22. The summed E-state index contributed by atoms with van der Waals surface area (Å²) in [5, 5.41) is 1.70.